The summed E-state index contributed by atoms with van der Waals surface area (Å²) in [5.74, 6) is -0.700. The van der Waals surface area contributed by atoms with E-state index >= 15 is 0 Å². The molecule has 1 aromatic carbocycles. The van der Waals surface area contributed by atoms with Crippen molar-refractivity contribution >= 4 is 17.3 Å². The number of hydrogen-bond donors (Lipinski definition) is 1. The quantitative estimate of drug-likeness (QED) is 0.877. The Labute approximate surface area is 123 Å². The van der Waals surface area contributed by atoms with E-state index in [2.05, 4.69) is 5.32 Å². The van der Waals surface area contributed by atoms with Crippen molar-refractivity contribution in [2.45, 2.75) is 13.0 Å². The number of anilines is 2. The van der Waals surface area contributed by atoms with Crippen molar-refractivity contribution in [2.24, 2.45) is 0 Å². The smallest absolute Gasteiger partial charge is 0.293 e. The van der Waals surface area contributed by atoms with Gasteiger partial charge in [0.25, 0.3) is 5.91 Å². The van der Waals surface area contributed by atoms with E-state index in [-0.39, 0.29) is 11.6 Å². The summed E-state index contributed by atoms with van der Waals surface area (Å²) >= 11 is 0. The van der Waals surface area contributed by atoms with Gasteiger partial charge in [-0.05, 0) is 12.1 Å². The number of benzene rings is 1. The van der Waals surface area contributed by atoms with Crippen LogP contribution in [0.4, 0.5) is 15.8 Å². The summed E-state index contributed by atoms with van der Waals surface area (Å²) in [6, 6.07) is 9.55. The van der Waals surface area contributed by atoms with Crippen LogP contribution in [0.1, 0.15) is 13.0 Å². The Kier molecular flexibility index (Phi) is 4.52. The number of nitrogens with zero attached hydrogens (tertiary/aromatic N) is 2. The van der Waals surface area contributed by atoms with Crippen LogP contribution in [-0.4, -0.2) is 20.0 Å². The minimum absolute atomic E-state index is 0.194. The van der Waals surface area contributed by atoms with Gasteiger partial charge in [-0.25, -0.2) is 4.39 Å². The number of pyridine rings is 1. The average Bonchev–Trinajstić information content (AvgIpc) is 2.49. The van der Waals surface area contributed by atoms with Gasteiger partial charge in [0.2, 0.25) is 6.04 Å². The molecule has 0 fully saturated rings. The molecule has 1 atom stereocenters. The van der Waals surface area contributed by atoms with Gasteiger partial charge in [-0.3, -0.25) is 4.79 Å². The van der Waals surface area contributed by atoms with E-state index in [0.717, 1.165) is 5.69 Å². The number of amides is 1. The third-order valence-electron chi connectivity index (χ3n) is 3.31. The van der Waals surface area contributed by atoms with Gasteiger partial charge < -0.3 is 10.2 Å². The average molecular weight is 288 g/mol. The Bertz CT molecular complexity index is 626. The lowest BCUT2D eigenvalue weighted by molar-refractivity contribution is -0.705. The molecular weight excluding hydrogens is 269 g/mol. The fourth-order valence-electron chi connectivity index (χ4n) is 1.92. The van der Waals surface area contributed by atoms with Gasteiger partial charge in [0.05, 0.1) is 5.69 Å². The molecule has 0 aliphatic rings. The van der Waals surface area contributed by atoms with Gasteiger partial charge in [-0.1, -0.05) is 12.1 Å². The highest BCUT2D eigenvalue weighted by Crippen LogP contribution is 2.14. The molecular formula is C16H19FN3O+. The van der Waals surface area contributed by atoms with E-state index in [0.29, 0.717) is 0 Å². The number of nitrogens with one attached hydrogen (secondary N) is 1. The number of hydrogen-bond acceptors (Lipinski definition) is 2. The Morgan fingerprint density at radius 3 is 2.38 bits per heavy atom. The fourth-order valence-corrected chi connectivity index (χ4v) is 1.92. The summed E-state index contributed by atoms with van der Waals surface area (Å²) < 4.78 is 15.3. The molecule has 0 bridgehead atoms. The largest absolute Gasteiger partial charge is 0.377 e. The molecule has 2 aromatic rings. The maximum absolute atomic E-state index is 13.5. The van der Waals surface area contributed by atoms with Crippen LogP contribution in [0.15, 0.2) is 48.8 Å². The van der Waals surface area contributed by atoms with Gasteiger partial charge in [-0.2, -0.15) is 4.57 Å². The standard InChI is InChI=1S/C16H18FN3O/c1-12(20-10-8-13(9-11-20)19(2)3)16(21)18-15-7-5-4-6-14(15)17/h4-12H,1-3H3/p+1/t12-/m0/s1. The number of halogens is 1. The first kappa shape index (κ1) is 15.0. The van der Waals surface area contributed by atoms with E-state index in [1.54, 1.807) is 29.7 Å². The second-order valence-corrected chi connectivity index (χ2v) is 5.04. The van der Waals surface area contributed by atoms with E-state index in [1.807, 2.05) is 43.5 Å². The van der Waals surface area contributed by atoms with Crippen LogP contribution in [0.25, 0.3) is 0 Å². The molecule has 0 spiro atoms. The van der Waals surface area contributed by atoms with Crippen molar-refractivity contribution in [3.8, 4) is 0 Å². The normalized spacial score (nSPS) is 11.8. The van der Waals surface area contributed by atoms with Crippen molar-refractivity contribution in [1.82, 2.24) is 0 Å². The molecule has 2 rings (SSSR count). The second kappa shape index (κ2) is 6.35. The molecule has 1 amide bonds. The third kappa shape index (κ3) is 3.56. The SMILES string of the molecule is C[C@@H](C(=O)Nc1ccccc1F)[n+]1ccc(N(C)C)cc1. The predicted molar refractivity (Wildman–Crippen MR) is 80.7 cm³/mol. The summed E-state index contributed by atoms with van der Waals surface area (Å²) in [5.41, 5.74) is 1.24. The highest BCUT2D eigenvalue weighted by Gasteiger charge is 2.22. The Hall–Kier alpha value is -2.43. The lowest BCUT2D eigenvalue weighted by atomic mass is 10.2. The molecule has 4 nitrogen and oxygen atoms in total. The highest BCUT2D eigenvalue weighted by molar-refractivity contribution is 5.92. The van der Waals surface area contributed by atoms with Crippen LogP contribution < -0.4 is 14.8 Å². The van der Waals surface area contributed by atoms with E-state index in [1.165, 1.54) is 6.07 Å². The summed E-state index contributed by atoms with van der Waals surface area (Å²) in [4.78, 5) is 14.2. The first-order valence-electron chi connectivity index (χ1n) is 6.72. The fraction of sp³-hybridized carbons (Fsp3) is 0.250. The third-order valence-corrected chi connectivity index (χ3v) is 3.31. The molecule has 110 valence electrons. The molecule has 0 saturated heterocycles. The summed E-state index contributed by atoms with van der Waals surface area (Å²) in [6.45, 7) is 1.77. The molecule has 0 saturated carbocycles. The molecule has 1 heterocycles. The van der Waals surface area contributed by atoms with Crippen LogP contribution in [0.3, 0.4) is 0 Å². The van der Waals surface area contributed by atoms with Crippen molar-refractivity contribution in [2.75, 3.05) is 24.3 Å². The van der Waals surface area contributed by atoms with E-state index < -0.39 is 11.9 Å². The zero-order valence-electron chi connectivity index (χ0n) is 12.4. The van der Waals surface area contributed by atoms with Crippen molar-refractivity contribution in [1.29, 1.82) is 0 Å². The van der Waals surface area contributed by atoms with Crippen molar-refractivity contribution in [3.05, 3.63) is 54.6 Å². The van der Waals surface area contributed by atoms with Crippen LogP contribution in [0.5, 0.6) is 0 Å². The lowest BCUT2D eigenvalue weighted by Gasteiger charge is -2.12. The molecule has 0 radical (unpaired) electrons. The van der Waals surface area contributed by atoms with Gasteiger partial charge in [0.1, 0.15) is 5.82 Å². The minimum atomic E-state index is -0.439. The summed E-state index contributed by atoms with van der Waals surface area (Å²) in [7, 11) is 3.90. The Morgan fingerprint density at radius 1 is 1.19 bits per heavy atom. The molecule has 0 aliphatic heterocycles. The number of rotatable bonds is 4. The topological polar surface area (TPSA) is 36.2 Å². The first-order chi connectivity index (χ1) is 9.99. The number of aromatic nitrogens is 1. The molecule has 1 N–H and O–H groups in total. The Morgan fingerprint density at radius 2 is 1.81 bits per heavy atom. The van der Waals surface area contributed by atoms with Crippen LogP contribution in [0, 0.1) is 5.82 Å². The number of carbonyl (C=O) groups excluding carboxylic acids is 1. The number of carbonyl (C=O) groups is 1. The van der Waals surface area contributed by atoms with Gasteiger partial charge in [0, 0.05) is 38.8 Å². The van der Waals surface area contributed by atoms with Crippen LogP contribution >= 0.6 is 0 Å². The monoisotopic (exact) mass is 288 g/mol. The van der Waals surface area contributed by atoms with Crippen LogP contribution in [-0.2, 0) is 4.79 Å². The molecule has 0 unspecified atom stereocenters. The minimum Gasteiger partial charge on any atom is -0.377 e. The zero-order chi connectivity index (χ0) is 15.4. The lowest BCUT2D eigenvalue weighted by Crippen LogP contribution is -2.44. The zero-order valence-corrected chi connectivity index (χ0v) is 12.4. The molecule has 0 aliphatic carbocycles. The molecule has 21 heavy (non-hydrogen) atoms. The van der Waals surface area contributed by atoms with Gasteiger partial charge >= 0.3 is 0 Å². The van der Waals surface area contributed by atoms with E-state index in [4.69, 9.17) is 0 Å². The molecule has 5 heteroatoms. The predicted octanol–water partition coefficient (Wildman–Crippen LogP) is 2.38. The number of para-hydroxylation sites is 1. The van der Waals surface area contributed by atoms with Gasteiger partial charge in [0.15, 0.2) is 12.4 Å². The van der Waals surface area contributed by atoms with Crippen LogP contribution in [0.2, 0.25) is 0 Å². The summed E-state index contributed by atoms with van der Waals surface area (Å²) in [5, 5.41) is 2.60. The first-order valence-corrected chi connectivity index (χ1v) is 6.72. The second-order valence-electron chi connectivity index (χ2n) is 5.04. The van der Waals surface area contributed by atoms with E-state index in [9.17, 15) is 9.18 Å². The Balaban J connectivity index is 2.10. The maximum Gasteiger partial charge on any atom is 0.293 e. The maximum atomic E-state index is 13.5. The van der Waals surface area contributed by atoms with Crippen molar-refractivity contribution in [3.63, 3.8) is 0 Å². The molecule has 1 aromatic heterocycles. The van der Waals surface area contributed by atoms with Gasteiger partial charge in [-0.15, -0.1) is 0 Å². The summed E-state index contributed by atoms with van der Waals surface area (Å²) in [6.07, 6.45) is 3.67. The van der Waals surface area contributed by atoms with Crippen molar-refractivity contribution < 1.29 is 13.8 Å². The highest BCUT2D eigenvalue weighted by atomic mass is 19.1.